The van der Waals surface area contributed by atoms with Crippen molar-refractivity contribution < 1.29 is 24.0 Å². The quantitative estimate of drug-likeness (QED) is 0.297. The molecule has 4 amide bonds. The molecular weight excluding hydrogens is 484 g/mol. The van der Waals surface area contributed by atoms with E-state index in [1.54, 1.807) is 44.3 Å². The third-order valence-electron chi connectivity index (χ3n) is 6.82. The molecule has 3 N–H and O–H groups in total. The maximum absolute atomic E-state index is 13.3. The average Bonchev–Trinajstić information content (AvgIpc) is 3.16. The van der Waals surface area contributed by atoms with Gasteiger partial charge in [-0.05, 0) is 22.9 Å². The van der Waals surface area contributed by atoms with Crippen LogP contribution in [0.2, 0.25) is 0 Å². The fourth-order valence-corrected chi connectivity index (χ4v) is 4.71. The standard InChI is InChI=1S/C29H30N4O5/c1-16(2)24(26(35)23-17(3)27(36)33-28(23)37)32-22(34)15-21(19-10-5-4-6-11-19)31-29(38)25-20-12-8-7-9-18(20)13-14-30-25/h4-14,16-17,21,23-24H,15H2,1-3H3,(H,31,38)(H,32,34)(H,33,36,37)/t17-,21-,23+,24-/m0/s1. The molecule has 0 bridgehead atoms. The van der Waals surface area contributed by atoms with Crippen molar-refractivity contribution in [3.63, 3.8) is 0 Å². The molecular formula is C29H30N4O5. The Bertz CT molecular complexity index is 1380. The molecule has 0 saturated carbocycles. The summed E-state index contributed by atoms with van der Waals surface area (Å²) in [6.07, 6.45) is 1.41. The summed E-state index contributed by atoms with van der Waals surface area (Å²) >= 11 is 0. The Labute approximate surface area is 220 Å². The lowest BCUT2D eigenvalue weighted by Crippen LogP contribution is -2.49. The fourth-order valence-electron chi connectivity index (χ4n) is 4.71. The Kier molecular flexibility index (Phi) is 7.95. The second kappa shape index (κ2) is 11.3. The molecule has 3 aromatic rings. The molecule has 4 rings (SSSR count). The second-order valence-corrected chi connectivity index (χ2v) is 9.83. The van der Waals surface area contributed by atoms with Crippen LogP contribution < -0.4 is 16.0 Å². The minimum Gasteiger partial charge on any atom is -0.346 e. The first-order chi connectivity index (χ1) is 18.2. The topological polar surface area (TPSA) is 134 Å². The van der Waals surface area contributed by atoms with Crippen LogP contribution in [0.5, 0.6) is 0 Å². The Morgan fingerprint density at radius 1 is 0.921 bits per heavy atom. The predicted molar refractivity (Wildman–Crippen MR) is 141 cm³/mol. The highest BCUT2D eigenvalue weighted by molar-refractivity contribution is 6.16. The van der Waals surface area contributed by atoms with Crippen molar-refractivity contribution in [2.75, 3.05) is 0 Å². The van der Waals surface area contributed by atoms with Crippen LogP contribution in [0.3, 0.4) is 0 Å². The minimum absolute atomic E-state index is 0.150. The van der Waals surface area contributed by atoms with E-state index in [0.29, 0.717) is 10.9 Å². The number of fused-ring (bicyclic) bond motifs is 1. The number of aromatic nitrogens is 1. The normalized spacial score (nSPS) is 18.6. The molecule has 2 heterocycles. The van der Waals surface area contributed by atoms with E-state index in [2.05, 4.69) is 20.9 Å². The summed E-state index contributed by atoms with van der Waals surface area (Å²) in [7, 11) is 0. The van der Waals surface area contributed by atoms with E-state index in [1.807, 2.05) is 36.4 Å². The Balaban J connectivity index is 1.54. The van der Waals surface area contributed by atoms with Crippen LogP contribution >= 0.6 is 0 Å². The molecule has 1 fully saturated rings. The van der Waals surface area contributed by atoms with Crippen molar-refractivity contribution >= 4 is 40.2 Å². The number of imide groups is 1. The number of nitrogens with one attached hydrogen (secondary N) is 3. The predicted octanol–water partition coefficient (Wildman–Crippen LogP) is 2.71. The lowest BCUT2D eigenvalue weighted by atomic mass is 9.85. The lowest BCUT2D eigenvalue weighted by Gasteiger charge is -2.26. The molecule has 0 radical (unpaired) electrons. The van der Waals surface area contributed by atoms with Crippen molar-refractivity contribution in [3.05, 3.63) is 78.1 Å². The summed E-state index contributed by atoms with van der Waals surface area (Å²) in [5, 5.41) is 9.40. The van der Waals surface area contributed by atoms with E-state index < -0.39 is 53.3 Å². The SMILES string of the molecule is CC(C)[C@H](NC(=O)C[C@H](NC(=O)c1nccc2ccccc12)c1ccccc1)C(=O)[C@@H]1C(=O)NC(=O)[C@H]1C. The van der Waals surface area contributed by atoms with Gasteiger partial charge in [0.25, 0.3) is 5.91 Å². The molecule has 0 aliphatic carbocycles. The van der Waals surface area contributed by atoms with Gasteiger partial charge in [0.2, 0.25) is 17.7 Å². The van der Waals surface area contributed by atoms with Crippen molar-refractivity contribution in [2.45, 2.75) is 39.3 Å². The second-order valence-electron chi connectivity index (χ2n) is 9.83. The van der Waals surface area contributed by atoms with Crippen molar-refractivity contribution in [1.29, 1.82) is 0 Å². The zero-order chi connectivity index (χ0) is 27.4. The van der Waals surface area contributed by atoms with E-state index >= 15 is 0 Å². The molecule has 0 spiro atoms. The average molecular weight is 515 g/mol. The van der Waals surface area contributed by atoms with Crippen molar-refractivity contribution in [2.24, 2.45) is 17.8 Å². The van der Waals surface area contributed by atoms with Crippen LogP contribution in [-0.2, 0) is 19.2 Å². The van der Waals surface area contributed by atoms with Gasteiger partial charge in [0.15, 0.2) is 5.78 Å². The van der Waals surface area contributed by atoms with Gasteiger partial charge in [-0.2, -0.15) is 0 Å². The number of Topliss-reactive ketones (excluding diaryl/α,β-unsaturated/α-hetero) is 1. The monoisotopic (exact) mass is 514 g/mol. The van der Waals surface area contributed by atoms with Gasteiger partial charge in [-0.25, -0.2) is 0 Å². The number of carbonyl (C=O) groups excluding carboxylic acids is 5. The van der Waals surface area contributed by atoms with E-state index in [4.69, 9.17) is 0 Å². The molecule has 4 atom stereocenters. The van der Waals surface area contributed by atoms with Crippen LogP contribution in [0.4, 0.5) is 0 Å². The highest BCUT2D eigenvalue weighted by Gasteiger charge is 2.46. The van der Waals surface area contributed by atoms with Crippen LogP contribution in [0.25, 0.3) is 10.8 Å². The van der Waals surface area contributed by atoms with E-state index in [-0.39, 0.29) is 18.0 Å². The summed E-state index contributed by atoms with van der Waals surface area (Å²) in [5.74, 6) is -4.86. The first kappa shape index (κ1) is 26.7. The van der Waals surface area contributed by atoms with Crippen LogP contribution in [0.15, 0.2) is 66.9 Å². The number of carbonyl (C=O) groups is 5. The van der Waals surface area contributed by atoms with Gasteiger partial charge < -0.3 is 10.6 Å². The largest absolute Gasteiger partial charge is 0.346 e. The van der Waals surface area contributed by atoms with Crippen molar-refractivity contribution in [3.8, 4) is 0 Å². The molecule has 1 aliphatic rings. The highest BCUT2D eigenvalue weighted by Crippen LogP contribution is 2.24. The minimum atomic E-state index is -1.16. The van der Waals surface area contributed by atoms with E-state index in [9.17, 15) is 24.0 Å². The number of amides is 4. The maximum Gasteiger partial charge on any atom is 0.271 e. The number of nitrogens with zero attached hydrogens (tertiary/aromatic N) is 1. The third kappa shape index (κ3) is 5.61. The molecule has 196 valence electrons. The first-order valence-electron chi connectivity index (χ1n) is 12.5. The fraction of sp³-hybridized carbons (Fsp3) is 0.310. The summed E-state index contributed by atoms with van der Waals surface area (Å²) in [6, 6.07) is 16.6. The number of rotatable bonds is 9. The van der Waals surface area contributed by atoms with E-state index in [0.717, 1.165) is 5.39 Å². The number of ketones is 1. The number of hydrogen-bond acceptors (Lipinski definition) is 6. The van der Waals surface area contributed by atoms with Gasteiger partial charge >= 0.3 is 0 Å². The Hall–Kier alpha value is -4.40. The van der Waals surface area contributed by atoms with Gasteiger partial charge in [-0.1, -0.05) is 75.4 Å². The van der Waals surface area contributed by atoms with Crippen LogP contribution in [-0.4, -0.2) is 40.4 Å². The third-order valence-corrected chi connectivity index (χ3v) is 6.82. The highest BCUT2D eigenvalue weighted by atomic mass is 16.2. The summed E-state index contributed by atoms with van der Waals surface area (Å²) in [5.41, 5.74) is 0.948. The molecule has 38 heavy (non-hydrogen) atoms. The summed E-state index contributed by atoms with van der Waals surface area (Å²) in [4.78, 5) is 68.2. The molecule has 1 saturated heterocycles. The molecule has 1 aromatic heterocycles. The van der Waals surface area contributed by atoms with Gasteiger partial charge in [0.1, 0.15) is 11.6 Å². The summed E-state index contributed by atoms with van der Waals surface area (Å²) < 4.78 is 0. The molecule has 9 nitrogen and oxygen atoms in total. The van der Waals surface area contributed by atoms with Gasteiger partial charge in [0, 0.05) is 11.6 Å². The van der Waals surface area contributed by atoms with Gasteiger partial charge in [-0.3, -0.25) is 34.3 Å². The first-order valence-corrected chi connectivity index (χ1v) is 12.5. The Morgan fingerprint density at radius 3 is 2.26 bits per heavy atom. The smallest absolute Gasteiger partial charge is 0.271 e. The van der Waals surface area contributed by atoms with Crippen LogP contribution in [0.1, 0.15) is 49.3 Å². The lowest BCUT2D eigenvalue weighted by molar-refractivity contribution is -0.137. The van der Waals surface area contributed by atoms with E-state index in [1.165, 1.54) is 6.92 Å². The van der Waals surface area contributed by atoms with Gasteiger partial charge in [0.05, 0.1) is 24.4 Å². The zero-order valence-electron chi connectivity index (χ0n) is 21.4. The summed E-state index contributed by atoms with van der Waals surface area (Å²) in [6.45, 7) is 5.03. The van der Waals surface area contributed by atoms with Crippen LogP contribution in [0, 0.1) is 17.8 Å². The number of hydrogen-bond donors (Lipinski definition) is 3. The molecule has 9 heteroatoms. The maximum atomic E-state index is 13.3. The Morgan fingerprint density at radius 2 is 1.61 bits per heavy atom. The van der Waals surface area contributed by atoms with Crippen molar-refractivity contribution in [1.82, 2.24) is 20.9 Å². The molecule has 1 aliphatic heterocycles. The molecule has 2 aromatic carbocycles. The number of pyridine rings is 1. The zero-order valence-corrected chi connectivity index (χ0v) is 21.4. The number of benzene rings is 2. The molecule has 0 unspecified atom stereocenters. The van der Waals surface area contributed by atoms with Gasteiger partial charge in [-0.15, -0.1) is 0 Å².